The predicted molar refractivity (Wildman–Crippen MR) is 69.1 cm³/mol. The third kappa shape index (κ3) is 2.71. The monoisotopic (exact) mass is 241 g/mol. The van der Waals surface area contributed by atoms with Crippen LogP contribution in [0.3, 0.4) is 0 Å². The third-order valence-electron chi connectivity index (χ3n) is 2.86. The van der Waals surface area contributed by atoms with Gasteiger partial charge in [-0.05, 0) is 37.6 Å². The molecular weight excluding hydrogens is 226 g/mol. The van der Waals surface area contributed by atoms with Gasteiger partial charge in [-0.1, -0.05) is 6.07 Å². The largest absolute Gasteiger partial charge is 0.346 e. The normalized spacial score (nSPS) is 10.1. The Labute approximate surface area is 106 Å². The number of nitrogens with zero attached hydrogens (tertiary/aromatic N) is 2. The van der Waals surface area contributed by atoms with E-state index in [0.717, 1.165) is 17.0 Å². The fourth-order valence-corrected chi connectivity index (χ4v) is 1.66. The van der Waals surface area contributed by atoms with E-state index in [1.165, 1.54) is 0 Å². The van der Waals surface area contributed by atoms with E-state index in [-0.39, 0.29) is 5.91 Å². The molecule has 1 amide bonds. The van der Waals surface area contributed by atoms with Crippen molar-refractivity contribution in [3.63, 3.8) is 0 Å². The zero-order chi connectivity index (χ0) is 13.0. The quantitative estimate of drug-likeness (QED) is 0.894. The molecule has 92 valence electrons. The first kappa shape index (κ1) is 12.2. The van der Waals surface area contributed by atoms with Crippen molar-refractivity contribution in [1.29, 1.82) is 0 Å². The first-order valence-electron chi connectivity index (χ1n) is 5.79. The van der Waals surface area contributed by atoms with E-state index in [1.54, 1.807) is 18.5 Å². The van der Waals surface area contributed by atoms with E-state index < -0.39 is 0 Å². The van der Waals surface area contributed by atoms with Gasteiger partial charge in [-0.15, -0.1) is 0 Å². The molecule has 0 aliphatic rings. The lowest BCUT2D eigenvalue weighted by atomic mass is 10.1. The number of carbonyl (C=O) groups excluding carboxylic acids is 1. The van der Waals surface area contributed by atoms with Gasteiger partial charge in [-0.3, -0.25) is 14.8 Å². The Balaban J connectivity index is 2.07. The highest BCUT2D eigenvalue weighted by Crippen LogP contribution is 2.10. The van der Waals surface area contributed by atoms with Crippen molar-refractivity contribution in [3.05, 3.63) is 59.2 Å². The van der Waals surface area contributed by atoms with Crippen molar-refractivity contribution in [1.82, 2.24) is 15.3 Å². The summed E-state index contributed by atoms with van der Waals surface area (Å²) in [5.41, 5.74) is 3.30. The predicted octanol–water partition coefficient (Wildman–Crippen LogP) is 2.02. The lowest BCUT2D eigenvalue weighted by molar-refractivity contribution is 0.0949. The number of nitrogens with one attached hydrogen (secondary N) is 1. The minimum atomic E-state index is -0.0938. The summed E-state index contributed by atoms with van der Waals surface area (Å²) in [5.74, 6) is -0.0938. The molecule has 2 aromatic heterocycles. The average molecular weight is 241 g/mol. The average Bonchev–Trinajstić information content (AvgIpc) is 2.40. The van der Waals surface area contributed by atoms with Crippen LogP contribution < -0.4 is 5.32 Å². The molecule has 0 bridgehead atoms. The minimum Gasteiger partial charge on any atom is -0.346 e. The number of rotatable bonds is 3. The molecule has 2 rings (SSSR count). The number of aromatic nitrogens is 2. The van der Waals surface area contributed by atoms with Crippen molar-refractivity contribution < 1.29 is 4.79 Å². The fourth-order valence-electron chi connectivity index (χ4n) is 1.66. The first-order chi connectivity index (χ1) is 8.68. The van der Waals surface area contributed by atoms with Crippen LogP contribution in [0.5, 0.6) is 0 Å². The number of carbonyl (C=O) groups is 1. The molecule has 0 saturated carbocycles. The molecule has 0 aliphatic heterocycles. The Morgan fingerprint density at radius 3 is 2.72 bits per heavy atom. The van der Waals surface area contributed by atoms with Gasteiger partial charge in [-0.2, -0.15) is 0 Å². The van der Waals surface area contributed by atoms with Crippen LogP contribution in [0.25, 0.3) is 0 Å². The molecule has 18 heavy (non-hydrogen) atoms. The standard InChI is InChI=1S/C14H15N3O/c1-10-11(2)15-8-6-13(10)14(18)17-9-12-5-3-4-7-16-12/h3-8H,9H2,1-2H3,(H,17,18). The van der Waals surface area contributed by atoms with Crippen molar-refractivity contribution in [2.45, 2.75) is 20.4 Å². The molecule has 0 fully saturated rings. The van der Waals surface area contributed by atoms with E-state index in [9.17, 15) is 4.79 Å². The lowest BCUT2D eigenvalue weighted by Crippen LogP contribution is -2.24. The summed E-state index contributed by atoms with van der Waals surface area (Å²) in [6.45, 7) is 4.23. The molecule has 2 heterocycles. The van der Waals surface area contributed by atoms with Crippen LogP contribution in [0, 0.1) is 13.8 Å². The molecule has 2 aromatic rings. The van der Waals surface area contributed by atoms with Crippen LogP contribution in [-0.4, -0.2) is 15.9 Å². The summed E-state index contributed by atoms with van der Waals surface area (Å²) in [7, 11) is 0. The van der Waals surface area contributed by atoms with Crippen LogP contribution in [0.15, 0.2) is 36.7 Å². The summed E-state index contributed by atoms with van der Waals surface area (Å²) in [5, 5.41) is 2.85. The summed E-state index contributed by atoms with van der Waals surface area (Å²) in [6, 6.07) is 7.36. The Hall–Kier alpha value is -2.23. The Bertz CT molecular complexity index is 552. The number of amides is 1. The van der Waals surface area contributed by atoms with Gasteiger partial charge in [0.15, 0.2) is 0 Å². The van der Waals surface area contributed by atoms with Gasteiger partial charge in [0.25, 0.3) is 5.91 Å². The molecule has 4 heteroatoms. The molecule has 0 saturated heterocycles. The molecule has 0 aromatic carbocycles. The summed E-state index contributed by atoms with van der Waals surface area (Å²) < 4.78 is 0. The molecule has 0 aliphatic carbocycles. The van der Waals surface area contributed by atoms with E-state index in [2.05, 4.69) is 15.3 Å². The fraction of sp³-hybridized carbons (Fsp3) is 0.214. The highest BCUT2D eigenvalue weighted by Gasteiger charge is 2.10. The molecular formula is C14H15N3O. The summed E-state index contributed by atoms with van der Waals surface area (Å²) >= 11 is 0. The highest BCUT2D eigenvalue weighted by molar-refractivity contribution is 5.95. The smallest absolute Gasteiger partial charge is 0.251 e. The SMILES string of the molecule is Cc1nccc(C(=O)NCc2ccccn2)c1C. The number of hydrogen-bond donors (Lipinski definition) is 1. The van der Waals surface area contributed by atoms with Gasteiger partial charge in [-0.25, -0.2) is 0 Å². The lowest BCUT2D eigenvalue weighted by Gasteiger charge is -2.08. The Morgan fingerprint density at radius 1 is 1.17 bits per heavy atom. The number of aryl methyl sites for hydroxylation is 1. The van der Waals surface area contributed by atoms with Crippen molar-refractivity contribution in [2.75, 3.05) is 0 Å². The van der Waals surface area contributed by atoms with Crippen LogP contribution in [0.2, 0.25) is 0 Å². The molecule has 4 nitrogen and oxygen atoms in total. The topological polar surface area (TPSA) is 54.9 Å². The van der Waals surface area contributed by atoms with Gasteiger partial charge in [0, 0.05) is 23.7 Å². The van der Waals surface area contributed by atoms with Crippen LogP contribution in [0.4, 0.5) is 0 Å². The van der Waals surface area contributed by atoms with Crippen LogP contribution in [-0.2, 0) is 6.54 Å². The van der Waals surface area contributed by atoms with E-state index >= 15 is 0 Å². The third-order valence-corrected chi connectivity index (χ3v) is 2.86. The second-order valence-electron chi connectivity index (χ2n) is 4.07. The molecule has 1 N–H and O–H groups in total. The van der Waals surface area contributed by atoms with Gasteiger partial charge in [0.1, 0.15) is 0 Å². The summed E-state index contributed by atoms with van der Waals surface area (Å²) in [6.07, 6.45) is 3.36. The van der Waals surface area contributed by atoms with Gasteiger partial charge >= 0.3 is 0 Å². The molecule has 0 spiro atoms. The molecule has 0 unspecified atom stereocenters. The van der Waals surface area contributed by atoms with Crippen molar-refractivity contribution in [2.24, 2.45) is 0 Å². The first-order valence-corrected chi connectivity index (χ1v) is 5.79. The second-order valence-corrected chi connectivity index (χ2v) is 4.07. The second kappa shape index (κ2) is 5.40. The van der Waals surface area contributed by atoms with Crippen LogP contribution >= 0.6 is 0 Å². The van der Waals surface area contributed by atoms with E-state index in [1.807, 2.05) is 32.0 Å². The Morgan fingerprint density at radius 2 is 2.00 bits per heavy atom. The molecule has 0 radical (unpaired) electrons. The number of hydrogen-bond acceptors (Lipinski definition) is 3. The molecule has 0 atom stereocenters. The van der Waals surface area contributed by atoms with Gasteiger partial charge in [0.05, 0.1) is 12.2 Å². The van der Waals surface area contributed by atoms with Crippen LogP contribution in [0.1, 0.15) is 27.3 Å². The van der Waals surface area contributed by atoms with Gasteiger partial charge in [0.2, 0.25) is 0 Å². The van der Waals surface area contributed by atoms with Crippen molar-refractivity contribution >= 4 is 5.91 Å². The highest BCUT2D eigenvalue weighted by atomic mass is 16.1. The Kier molecular flexibility index (Phi) is 3.67. The van der Waals surface area contributed by atoms with Gasteiger partial charge < -0.3 is 5.32 Å². The number of pyridine rings is 2. The zero-order valence-corrected chi connectivity index (χ0v) is 10.5. The minimum absolute atomic E-state index is 0.0938. The van der Waals surface area contributed by atoms with E-state index in [4.69, 9.17) is 0 Å². The van der Waals surface area contributed by atoms with Crippen molar-refractivity contribution in [3.8, 4) is 0 Å². The summed E-state index contributed by atoms with van der Waals surface area (Å²) in [4.78, 5) is 20.3. The maximum Gasteiger partial charge on any atom is 0.251 e. The zero-order valence-electron chi connectivity index (χ0n) is 10.5. The maximum atomic E-state index is 12.0. The maximum absolute atomic E-state index is 12.0. The van der Waals surface area contributed by atoms with E-state index in [0.29, 0.717) is 12.1 Å².